The van der Waals surface area contributed by atoms with E-state index in [9.17, 15) is 24.8 Å². The largest absolute Gasteiger partial charge is 0.595 e. The number of piperidine rings is 1. The lowest BCUT2D eigenvalue weighted by Crippen LogP contribution is -3.00. The number of aromatic nitrogens is 2. The number of benzene rings is 1. The number of hydrogen-bond donors (Lipinski definition) is 3. The van der Waals surface area contributed by atoms with Gasteiger partial charge >= 0.3 is 5.56 Å². The summed E-state index contributed by atoms with van der Waals surface area (Å²) in [5.74, 6) is -0.203. The summed E-state index contributed by atoms with van der Waals surface area (Å²) in [6.07, 6.45) is 0.839. The predicted octanol–water partition coefficient (Wildman–Crippen LogP) is 0.353. The smallest absolute Gasteiger partial charge is 0.315 e. The van der Waals surface area contributed by atoms with Crippen molar-refractivity contribution in [2.45, 2.75) is 18.9 Å². The fourth-order valence-corrected chi connectivity index (χ4v) is 4.83. The first-order valence-electron chi connectivity index (χ1n) is 9.80. The Labute approximate surface area is 170 Å². The number of carbonyl (C=O) groups excluding carboxylic acids is 1. The minimum absolute atomic E-state index is 0.0507. The highest BCUT2D eigenvalue weighted by Crippen LogP contribution is 2.36. The zero-order valence-electron chi connectivity index (χ0n) is 16.0. The minimum atomic E-state index is -1.23. The van der Waals surface area contributed by atoms with Gasteiger partial charge in [-0.2, -0.15) is 5.23 Å². The molecule has 3 aromatic rings. The number of para-hydroxylation sites is 1. The van der Waals surface area contributed by atoms with Gasteiger partial charge in [0.2, 0.25) is 11.2 Å². The van der Waals surface area contributed by atoms with E-state index in [0.717, 1.165) is 12.1 Å². The van der Waals surface area contributed by atoms with Crippen LogP contribution in [0.4, 0.5) is 5.69 Å². The molecule has 2 unspecified atom stereocenters. The topological polar surface area (TPSA) is 123 Å². The van der Waals surface area contributed by atoms with Gasteiger partial charge in [0.1, 0.15) is 0 Å². The van der Waals surface area contributed by atoms with Crippen molar-refractivity contribution in [1.82, 2.24) is 14.5 Å². The van der Waals surface area contributed by atoms with Gasteiger partial charge in [-0.1, -0.05) is 18.2 Å². The Kier molecular flexibility index (Phi) is 4.31. The molecule has 4 heterocycles. The summed E-state index contributed by atoms with van der Waals surface area (Å²) in [6, 6.07) is 11.6. The van der Waals surface area contributed by atoms with E-state index in [1.807, 2.05) is 12.1 Å². The first-order valence-corrected chi connectivity index (χ1v) is 9.80. The van der Waals surface area contributed by atoms with E-state index in [-0.39, 0.29) is 29.0 Å². The second-order valence-corrected chi connectivity index (χ2v) is 7.99. The van der Waals surface area contributed by atoms with Crippen LogP contribution in [0, 0.1) is 11.1 Å². The molecule has 2 bridgehead atoms. The molecule has 0 aliphatic carbocycles. The Bertz CT molecular complexity index is 1280. The average Bonchev–Trinajstić information content (AvgIpc) is 2.73. The van der Waals surface area contributed by atoms with Crippen LogP contribution in [0.3, 0.4) is 0 Å². The fraction of sp³-hybridized carbons (Fsp3) is 0.286. The number of carbonyl (C=O) groups is 1. The molecule has 0 spiro atoms. The summed E-state index contributed by atoms with van der Waals surface area (Å²) >= 11 is 0. The van der Waals surface area contributed by atoms with Crippen molar-refractivity contribution >= 4 is 22.5 Å². The van der Waals surface area contributed by atoms with Crippen molar-refractivity contribution in [2.75, 3.05) is 13.1 Å². The normalized spacial score (nSPS) is 21.3. The van der Waals surface area contributed by atoms with Crippen LogP contribution in [-0.2, 0) is 6.54 Å². The Hall–Kier alpha value is -3.27. The Morgan fingerprint density at radius 2 is 1.93 bits per heavy atom. The van der Waals surface area contributed by atoms with Crippen molar-refractivity contribution in [3.63, 3.8) is 0 Å². The van der Waals surface area contributed by atoms with Gasteiger partial charge in [0, 0.05) is 54.3 Å². The number of H-pyrrole nitrogens is 1. The van der Waals surface area contributed by atoms with Crippen LogP contribution >= 0.6 is 0 Å². The number of nitrogens with zero attached hydrogens (tertiary/aromatic N) is 2. The molecule has 9 heteroatoms. The number of fused-ring (bicyclic) bond motifs is 5. The number of pyridine rings is 2. The Morgan fingerprint density at radius 3 is 2.73 bits per heavy atom. The number of quaternary nitrogens is 1. The number of aromatic amines is 1. The van der Waals surface area contributed by atoms with Gasteiger partial charge in [-0.25, -0.2) is 5.21 Å². The average molecular weight is 408 g/mol. The third-order valence-corrected chi connectivity index (χ3v) is 6.10. The van der Waals surface area contributed by atoms with Gasteiger partial charge in [0.15, 0.2) is 0 Å². The number of amides is 1. The zero-order chi connectivity index (χ0) is 21.0. The van der Waals surface area contributed by atoms with Gasteiger partial charge in [0.25, 0.3) is 5.91 Å². The SMILES string of the molecule is O=C(c1cc(=O)[nH]c2ccccc12)N1CC2C[C@@H](C1)Cn1c2ccc([NH+]([O-])O)c1=O. The second-order valence-electron chi connectivity index (χ2n) is 7.99. The standard InChI is InChI=1S/C21H20N4O5/c26-19-8-15(14-3-1-2-4-16(14)22-19)20(27)23-9-12-7-13(11-23)17-5-6-18(25(29)30)21(28)24(17)10-12/h1-6,8,12-13,25,29H,7,9-11H2,(H,22,26)/t12-,13?/m0/s1. The molecule has 3 atom stereocenters. The molecule has 0 radical (unpaired) electrons. The Morgan fingerprint density at radius 1 is 1.13 bits per heavy atom. The second kappa shape index (κ2) is 6.91. The van der Waals surface area contributed by atoms with Gasteiger partial charge < -0.3 is 19.7 Å². The van der Waals surface area contributed by atoms with Crippen LogP contribution in [0.15, 0.2) is 52.1 Å². The Balaban J connectivity index is 1.51. The van der Waals surface area contributed by atoms with E-state index in [1.54, 1.807) is 27.7 Å². The molecular formula is C21H20N4O5. The van der Waals surface area contributed by atoms with Gasteiger partial charge in [-0.05, 0) is 24.5 Å². The molecule has 154 valence electrons. The maximum Gasteiger partial charge on any atom is 0.315 e. The van der Waals surface area contributed by atoms with E-state index >= 15 is 0 Å². The number of likely N-dealkylation sites (tertiary alicyclic amines) is 1. The summed E-state index contributed by atoms with van der Waals surface area (Å²) < 4.78 is 1.55. The molecule has 9 nitrogen and oxygen atoms in total. The van der Waals surface area contributed by atoms with Crippen molar-refractivity contribution < 1.29 is 15.2 Å². The lowest BCUT2D eigenvalue weighted by Gasteiger charge is -2.43. The molecule has 2 aliphatic rings. The summed E-state index contributed by atoms with van der Waals surface area (Å²) in [7, 11) is 0. The van der Waals surface area contributed by atoms with Crippen molar-refractivity contribution in [3.05, 3.63) is 79.6 Å². The number of hydrogen-bond acceptors (Lipinski definition) is 5. The molecule has 1 fully saturated rings. The monoisotopic (exact) mass is 408 g/mol. The quantitative estimate of drug-likeness (QED) is 0.528. The zero-order valence-corrected chi connectivity index (χ0v) is 16.0. The number of nitrogens with one attached hydrogen (secondary N) is 2. The minimum Gasteiger partial charge on any atom is -0.595 e. The van der Waals surface area contributed by atoms with Crippen LogP contribution in [0.2, 0.25) is 0 Å². The number of rotatable bonds is 2. The van der Waals surface area contributed by atoms with E-state index in [4.69, 9.17) is 0 Å². The summed E-state index contributed by atoms with van der Waals surface area (Å²) in [6.45, 7) is 1.26. The first kappa shape index (κ1) is 18.7. The van der Waals surface area contributed by atoms with Crippen molar-refractivity contribution in [1.29, 1.82) is 0 Å². The van der Waals surface area contributed by atoms with E-state index in [0.29, 0.717) is 36.1 Å². The molecule has 1 aromatic carbocycles. The van der Waals surface area contributed by atoms with Gasteiger partial charge in [0.05, 0.1) is 5.56 Å². The van der Waals surface area contributed by atoms with E-state index < -0.39 is 10.8 Å². The molecule has 5 rings (SSSR count). The highest BCUT2D eigenvalue weighted by molar-refractivity contribution is 6.06. The molecule has 2 aliphatic heterocycles. The van der Waals surface area contributed by atoms with Crippen molar-refractivity contribution in [2.24, 2.45) is 5.92 Å². The fourth-order valence-electron chi connectivity index (χ4n) is 4.83. The summed E-state index contributed by atoms with van der Waals surface area (Å²) in [5.41, 5.74) is 0.690. The summed E-state index contributed by atoms with van der Waals surface area (Å²) in [5, 5.41) is 20.0. The van der Waals surface area contributed by atoms with Crippen LogP contribution in [-0.4, -0.2) is 38.7 Å². The molecule has 1 amide bonds. The van der Waals surface area contributed by atoms with Crippen LogP contribution in [0.25, 0.3) is 10.9 Å². The van der Waals surface area contributed by atoms with Crippen LogP contribution in [0.5, 0.6) is 0 Å². The predicted molar refractivity (Wildman–Crippen MR) is 108 cm³/mol. The third-order valence-electron chi connectivity index (χ3n) is 6.10. The molecule has 3 N–H and O–H groups in total. The lowest BCUT2D eigenvalue weighted by atomic mass is 9.83. The molecule has 30 heavy (non-hydrogen) atoms. The lowest BCUT2D eigenvalue weighted by molar-refractivity contribution is -0.992. The van der Waals surface area contributed by atoms with Crippen LogP contribution < -0.4 is 16.3 Å². The molecule has 2 aromatic heterocycles. The van der Waals surface area contributed by atoms with Gasteiger partial charge in [-0.3, -0.25) is 14.4 Å². The maximum absolute atomic E-state index is 13.3. The maximum atomic E-state index is 13.3. The molecular weight excluding hydrogens is 388 g/mol. The highest BCUT2D eigenvalue weighted by atomic mass is 16.8. The third kappa shape index (κ3) is 2.95. The highest BCUT2D eigenvalue weighted by Gasteiger charge is 2.37. The van der Waals surface area contributed by atoms with E-state index in [2.05, 4.69) is 4.98 Å². The molecule has 0 saturated carbocycles. The summed E-state index contributed by atoms with van der Waals surface area (Å²) in [4.78, 5) is 42.5. The first-order chi connectivity index (χ1) is 14.4. The van der Waals surface area contributed by atoms with Gasteiger partial charge in [-0.15, -0.1) is 0 Å². The van der Waals surface area contributed by atoms with E-state index in [1.165, 1.54) is 12.1 Å². The van der Waals surface area contributed by atoms with Crippen LogP contribution in [0.1, 0.15) is 28.4 Å². The van der Waals surface area contributed by atoms with Crippen molar-refractivity contribution in [3.8, 4) is 0 Å². The molecule has 1 saturated heterocycles.